The van der Waals surface area contributed by atoms with Crippen LogP contribution in [0.4, 0.5) is 9.39 Å². The van der Waals surface area contributed by atoms with E-state index in [4.69, 9.17) is 0 Å². The molecule has 1 aromatic heterocycles. The maximum absolute atomic E-state index is 13.9. The Morgan fingerprint density at radius 3 is 2.74 bits per heavy atom. The van der Waals surface area contributed by atoms with Gasteiger partial charge in [0, 0.05) is 19.6 Å². The zero-order chi connectivity index (χ0) is 16.6. The minimum absolute atomic E-state index is 0.224. The lowest BCUT2D eigenvalue weighted by Crippen LogP contribution is -2.29. The van der Waals surface area contributed by atoms with Gasteiger partial charge in [-0.1, -0.05) is 12.1 Å². The molecule has 0 fully saturated rings. The number of rotatable bonds is 5. The van der Waals surface area contributed by atoms with E-state index in [2.05, 4.69) is 9.80 Å². The summed E-state index contributed by atoms with van der Waals surface area (Å²) in [7, 11) is 0.231. The molecule has 4 nitrogen and oxygen atoms in total. The Morgan fingerprint density at radius 1 is 1.30 bits per heavy atom. The van der Waals surface area contributed by atoms with Crippen molar-refractivity contribution in [2.45, 2.75) is 15.5 Å². The number of hydrogen-bond donors (Lipinski definition) is 0. The van der Waals surface area contributed by atoms with E-state index in [1.165, 1.54) is 29.5 Å². The summed E-state index contributed by atoms with van der Waals surface area (Å²) in [5, 5.41) is 1.00. The van der Waals surface area contributed by atoms with Gasteiger partial charge in [-0.25, -0.2) is 12.8 Å². The summed E-state index contributed by atoms with van der Waals surface area (Å²) in [6.45, 7) is 2.68. The smallest absolute Gasteiger partial charge is 0.218 e. The van der Waals surface area contributed by atoms with Crippen molar-refractivity contribution in [1.29, 1.82) is 0 Å². The van der Waals surface area contributed by atoms with E-state index >= 15 is 0 Å². The molecule has 1 aromatic carbocycles. The molecule has 0 unspecified atom stereocenters. The maximum Gasteiger partial charge on any atom is 0.218 e. The molecule has 23 heavy (non-hydrogen) atoms. The minimum atomic E-state index is -3.80. The summed E-state index contributed by atoms with van der Waals surface area (Å²) in [6.07, 6.45) is 0.839. The number of likely N-dealkylation sites (N-methyl/N-ethyl adjacent to an activating group) is 1. The molecule has 7 heteroatoms. The van der Waals surface area contributed by atoms with Crippen LogP contribution in [0, 0.1) is 5.82 Å². The third kappa shape index (κ3) is 3.13. The normalized spacial score (nSPS) is 14.5. The van der Waals surface area contributed by atoms with Crippen LogP contribution in [-0.2, 0) is 16.3 Å². The third-order valence-corrected chi connectivity index (χ3v) is 7.41. The lowest BCUT2D eigenvalue weighted by Gasteiger charge is -2.20. The van der Waals surface area contributed by atoms with Crippen molar-refractivity contribution in [3.63, 3.8) is 0 Å². The summed E-state index contributed by atoms with van der Waals surface area (Å²) < 4.78 is 39.4. The fourth-order valence-electron chi connectivity index (χ4n) is 2.64. The van der Waals surface area contributed by atoms with Crippen molar-refractivity contribution in [2.24, 2.45) is 0 Å². The van der Waals surface area contributed by atoms with Crippen LogP contribution in [0.5, 0.6) is 0 Å². The quantitative estimate of drug-likeness (QED) is 0.828. The van der Waals surface area contributed by atoms with Gasteiger partial charge in [0.25, 0.3) is 0 Å². The summed E-state index contributed by atoms with van der Waals surface area (Å²) in [5.41, 5.74) is 1.05. The van der Waals surface area contributed by atoms with Gasteiger partial charge in [-0.05, 0) is 44.3 Å². The standard InChI is InChI=1S/C16H19FN2O2S2/c1-18(2)9-10-19-8-7-12-11-15(22-16(12)19)23(20,21)14-6-4-3-5-13(14)17/h3-6,11H,7-10H2,1-2H3. The van der Waals surface area contributed by atoms with Crippen LogP contribution in [0.3, 0.4) is 0 Å². The average molecular weight is 354 g/mol. The van der Waals surface area contributed by atoms with E-state index < -0.39 is 15.7 Å². The second kappa shape index (κ2) is 6.22. The molecule has 124 valence electrons. The Balaban J connectivity index is 1.92. The predicted octanol–water partition coefficient (Wildman–Crippen LogP) is 2.64. The van der Waals surface area contributed by atoms with Crippen molar-refractivity contribution < 1.29 is 12.8 Å². The fraction of sp³-hybridized carbons (Fsp3) is 0.375. The van der Waals surface area contributed by atoms with Gasteiger partial charge in [0.2, 0.25) is 9.84 Å². The van der Waals surface area contributed by atoms with Crippen molar-refractivity contribution in [2.75, 3.05) is 38.6 Å². The van der Waals surface area contributed by atoms with Crippen LogP contribution >= 0.6 is 11.3 Å². The highest BCUT2D eigenvalue weighted by atomic mass is 32.2. The van der Waals surface area contributed by atoms with E-state index in [1.807, 2.05) is 14.1 Å². The van der Waals surface area contributed by atoms with E-state index in [0.29, 0.717) is 0 Å². The number of halogens is 1. The number of benzene rings is 1. The summed E-state index contributed by atoms with van der Waals surface area (Å²) >= 11 is 1.25. The molecule has 0 saturated carbocycles. The predicted molar refractivity (Wildman–Crippen MR) is 90.6 cm³/mol. The highest BCUT2D eigenvalue weighted by Crippen LogP contribution is 2.40. The molecule has 2 heterocycles. The molecule has 1 aliphatic heterocycles. The van der Waals surface area contributed by atoms with Crippen LogP contribution in [-0.4, -0.2) is 47.0 Å². The monoisotopic (exact) mass is 354 g/mol. The van der Waals surface area contributed by atoms with Gasteiger partial charge in [0.15, 0.2) is 0 Å². The Hall–Kier alpha value is -1.44. The SMILES string of the molecule is CN(C)CCN1CCc2cc(S(=O)(=O)c3ccccc3F)sc21. The number of nitrogens with zero attached hydrogens (tertiary/aromatic N) is 2. The van der Waals surface area contributed by atoms with E-state index in [1.54, 1.807) is 12.1 Å². The number of sulfone groups is 1. The molecular weight excluding hydrogens is 335 g/mol. The first-order valence-corrected chi connectivity index (χ1v) is 9.71. The van der Waals surface area contributed by atoms with Gasteiger partial charge in [-0.15, -0.1) is 11.3 Å². The number of thiophene rings is 1. The van der Waals surface area contributed by atoms with Gasteiger partial charge in [-0.2, -0.15) is 0 Å². The fourth-order valence-corrected chi connectivity index (χ4v) is 5.67. The van der Waals surface area contributed by atoms with Crippen LogP contribution in [0.2, 0.25) is 0 Å². The van der Waals surface area contributed by atoms with E-state index in [9.17, 15) is 12.8 Å². The van der Waals surface area contributed by atoms with Crippen molar-refractivity contribution in [3.8, 4) is 0 Å². The highest BCUT2D eigenvalue weighted by Gasteiger charge is 2.29. The first-order chi connectivity index (χ1) is 10.9. The zero-order valence-corrected chi connectivity index (χ0v) is 14.8. The summed E-state index contributed by atoms with van der Waals surface area (Å²) in [6, 6.07) is 7.24. The molecule has 1 aliphatic rings. The molecule has 0 saturated heterocycles. The van der Waals surface area contributed by atoms with Crippen LogP contribution in [0.25, 0.3) is 0 Å². The molecule has 0 atom stereocenters. The molecular formula is C16H19FN2O2S2. The van der Waals surface area contributed by atoms with Crippen LogP contribution in [0.1, 0.15) is 5.56 Å². The Bertz CT molecular complexity index is 815. The van der Waals surface area contributed by atoms with E-state index in [0.717, 1.165) is 36.6 Å². The second-order valence-electron chi connectivity index (χ2n) is 5.87. The lowest BCUT2D eigenvalue weighted by atomic mass is 10.3. The van der Waals surface area contributed by atoms with Gasteiger partial charge in [-0.3, -0.25) is 0 Å². The number of anilines is 1. The van der Waals surface area contributed by atoms with Crippen LogP contribution in [0.15, 0.2) is 39.4 Å². The van der Waals surface area contributed by atoms with Gasteiger partial charge in [0.1, 0.15) is 14.9 Å². The topological polar surface area (TPSA) is 40.6 Å². The van der Waals surface area contributed by atoms with Crippen molar-refractivity contribution >= 4 is 26.2 Å². The van der Waals surface area contributed by atoms with Gasteiger partial charge < -0.3 is 9.80 Å². The summed E-state index contributed by atoms with van der Waals surface area (Å²) in [5.74, 6) is -0.703. The van der Waals surface area contributed by atoms with Crippen molar-refractivity contribution in [1.82, 2.24) is 4.90 Å². The molecule has 0 N–H and O–H groups in total. The molecule has 3 rings (SSSR count). The number of hydrogen-bond acceptors (Lipinski definition) is 5. The van der Waals surface area contributed by atoms with Gasteiger partial charge >= 0.3 is 0 Å². The highest BCUT2D eigenvalue weighted by molar-refractivity contribution is 7.93. The Kier molecular flexibility index (Phi) is 4.44. The number of fused-ring (bicyclic) bond motifs is 1. The molecule has 0 amide bonds. The molecule has 0 radical (unpaired) electrons. The van der Waals surface area contributed by atoms with Gasteiger partial charge in [0.05, 0.1) is 5.00 Å². The molecule has 0 aliphatic carbocycles. The molecule has 0 bridgehead atoms. The first-order valence-electron chi connectivity index (χ1n) is 7.41. The Morgan fingerprint density at radius 2 is 2.04 bits per heavy atom. The van der Waals surface area contributed by atoms with Crippen molar-refractivity contribution in [3.05, 3.63) is 41.7 Å². The second-order valence-corrected chi connectivity index (χ2v) is 9.05. The Labute approximate surface area is 140 Å². The largest absolute Gasteiger partial charge is 0.362 e. The van der Waals surface area contributed by atoms with E-state index in [-0.39, 0.29) is 9.10 Å². The first kappa shape index (κ1) is 16.4. The molecule has 0 spiro atoms. The van der Waals surface area contributed by atoms with Crippen LogP contribution < -0.4 is 4.90 Å². The molecule has 2 aromatic rings. The average Bonchev–Trinajstić information content (AvgIpc) is 3.06. The zero-order valence-electron chi connectivity index (χ0n) is 13.1. The minimum Gasteiger partial charge on any atom is -0.362 e. The lowest BCUT2D eigenvalue weighted by molar-refractivity contribution is 0.415. The summed E-state index contributed by atoms with van der Waals surface area (Å²) in [4.78, 5) is 4.06. The maximum atomic E-state index is 13.9. The third-order valence-electron chi connectivity index (χ3n) is 3.91.